The quantitative estimate of drug-likeness (QED) is 0.583. The molecule has 2 heterocycles. The highest BCUT2D eigenvalue weighted by Gasteiger charge is 2.27. The number of hydrogen-bond acceptors (Lipinski definition) is 5. The minimum absolute atomic E-state index is 0.112. The molecule has 0 spiro atoms. The molecule has 1 aliphatic rings. The molecule has 31 heavy (non-hydrogen) atoms. The number of rotatable bonds is 6. The number of ether oxygens (including phenoxy) is 2. The van der Waals surface area contributed by atoms with E-state index >= 15 is 0 Å². The Morgan fingerprint density at radius 1 is 1.03 bits per heavy atom. The number of methoxy groups -OCH3 is 2. The molecule has 0 saturated carbocycles. The van der Waals surface area contributed by atoms with E-state index in [4.69, 9.17) is 9.47 Å². The van der Waals surface area contributed by atoms with Crippen molar-refractivity contribution in [3.63, 3.8) is 0 Å². The second-order valence-corrected chi connectivity index (χ2v) is 8.00. The molecule has 0 atom stereocenters. The van der Waals surface area contributed by atoms with Crippen LogP contribution in [-0.2, 0) is 6.42 Å². The van der Waals surface area contributed by atoms with Crippen molar-refractivity contribution in [2.45, 2.75) is 38.5 Å². The Kier molecular flexibility index (Phi) is 6.35. The Morgan fingerprint density at radius 2 is 1.71 bits per heavy atom. The lowest BCUT2D eigenvalue weighted by molar-refractivity contribution is 0.0712. The van der Waals surface area contributed by atoms with Gasteiger partial charge in [0.2, 0.25) is 0 Å². The lowest BCUT2D eigenvalue weighted by Crippen LogP contribution is -2.38. The van der Waals surface area contributed by atoms with Crippen LogP contribution in [0.1, 0.15) is 53.7 Å². The molecule has 0 aliphatic carbocycles. The fourth-order valence-corrected chi connectivity index (χ4v) is 4.37. The van der Waals surface area contributed by atoms with E-state index in [0.717, 1.165) is 60.9 Å². The molecule has 2 aromatic carbocycles. The Labute approximate surface area is 183 Å². The molecule has 1 fully saturated rings. The molecule has 4 rings (SSSR count). The second-order valence-electron chi connectivity index (χ2n) is 8.00. The van der Waals surface area contributed by atoms with E-state index in [-0.39, 0.29) is 11.8 Å². The summed E-state index contributed by atoms with van der Waals surface area (Å²) >= 11 is 0. The van der Waals surface area contributed by atoms with Crippen LogP contribution in [0.25, 0.3) is 10.9 Å². The molecule has 6 heteroatoms. The van der Waals surface area contributed by atoms with Crippen molar-refractivity contribution < 1.29 is 14.3 Å². The van der Waals surface area contributed by atoms with Crippen LogP contribution in [0.15, 0.2) is 42.7 Å². The molecule has 0 radical (unpaired) electrons. The van der Waals surface area contributed by atoms with Gasteiger partial charge in [0.25, 0.3) is 5.91 Å². The average molecular weight is 420 g/mol. The van der Waals surface area contributed by atoms with Gasteiger partial charge in [-0.2, -0.15) is 0 Å². The van der Waals surface area contributed by atoms with Gasteiger partial charge in [-0.1, -0.05) is 25.5 Å². The summed E-state index contributed by atoms with van der Waals surface area (Å²) in [5.41, 5.74) is 3.90. The van der Waals surface area contributed by atoms with Crippen LogP contribution >= 0.6 is 0 Å². The molecule has 0 N–H and O–H groups in total. The summed E-state index contributed by atoms with van der Waals surface area (Å²) in [6, 6.07) is 11.9. The van der Waals surface area contributed by atoms with Crippen LogP contribution in [0, 0.1) is 0 Å². The Bertz CT molecular complexity index is 1060. The van der Waals surface area contributed by atoms with E-state index in [9.17, 15) is 4.79 Å². The van der Waals surface area contributed by atoms with Gasteiger partial charge in [-0.15, -0.1) is 0 Å². The van der Waals surface area contributed by atoms with Gasteiger partial charge in [0.15, 0.2) is 11.5 Å². The SMILES string of the molecule is CCCc1ccc(C(=O)N2CCC(c3ncnc4cc(OC)c(OC)cc34)CC2)cc1. The van der Waals surface area contributed by atoms with Crippen molar-refractivity contribution in [3.8, 4) is 11.5 Å². The normalized spacial score (nSPS) is 14.6. The summed E-state index contributed by atoms with van der Waals surface area (Å²) in [7, 11) is 3.25. The van der Waals surface area contributed by atoms with E-state index in [0.29, 0.717) is 11.5 Å². The van der Waals surface area contributed by atoms with Crippen LogP contribution in [0.4, 0.5) is 0 Å². The summed E-state index contributed by atoms with van der Waals surface area (Å²) in [6.07, 6.45) is 5.51. The molecule has 6 nitrogen and oxygen atoms in total. The molecule has 0 bridgehead atoms. The summed E-state index contributed by atoms with van der Waals surface area (Å²) in [6.45, 7) is 3.61. The summed E-state index contributed by atoms with van der Waals surface area (Å²) < 4.78 is 10.9. The summed E-state index contributed by atoms with van der Waals surface area (Å²) in [5, 5.41) is 0.983. The predicted molar refractivity (Wildman–Crippen MR) is 121 cm³/mol. The van der Waals surface area contributed by atoms with Crippen molar-refractivity contribution in [1.29, 1.82) is 0 Å². The number of likely N-dealkylation sites (tertiary alicyclic amines) is 1. The summed E-state index contributed by atoms with van der Waals surface area (Å²) in [4.78, 5) is 23.9. The van der Waals surface area contributed by atoms with Gasteiger partial charge < -0.3 is 14.4 Å². The monoisotopic (exact) mass is 419 g/mol. The minimum atomic E-state index is 0.112. The maximum atomic E-state index is 12.9. The molecule has 1 amide bonds. The zero-order valence-corrected chi connectivity index (χ0v) is 18.4. The van der Waals surface area contributed by atoms with Gasteiger partial charge in [0, 0.05) is 36.0 Å². The highest BCUT2D eigenvalue weighted by molar-refractivity contribution is 5.94. The highest BCUT2D eigenvalue weighted by atomic mass is 16.5. The minimum Gasteiger partial charge on any atom is -0.493 e. The van der Waals surface area contributed by atoms with E-state index in [1.54, 1.807) is 20.5 Å². The number of carbonyl (C=O) groups is 1. The number of aryl methyl sites for hydroxylation is 1. The van der Waals surface area contributed by atoms with Crippen molar-refractivity contribution in [2.75, 3.05) is 27.3 Å². The molecular weight excluding hydrogens is 390 g/mol. The third-order valence-corrected chi connectivity index (χ3v) is 6.08. The Hall–Kier alpha value is -3.15. The maximum absolute atomic E-state index is 12.9. The van der Waals surface area contributed by atoms with Gasteiger partial charge in [-0.25, -0.2) is 9.97 Å². The molecule has 0 unspecified atom stereocenters. The number of fused-ring (bicyclic) bond motifs is 1. The zero-order chi connectivity index (χ0) is 21.8. The first-order valence-electron chi connectivity index (χ1n) is 10.9. The first-order chi connectivity index (χ1) is 15.1. The standard InChI is InChI=1S/C25H29N3O3/c1-4-5-17-6-8-19(9-7-17)25(29)28-12-10-18(11-13-28)24-20-14-22(30-2)23(31-3)15-21(20)26-16-27-24/h6-9,14-16,18H,4-5,10-13H2,1-3H3. The Morgan fingerprint density at radius 3 is 2.35 bits per heavy atom. The molecule has 162 valence electrons. The van der Waals surface area contributed by atoms with E-state index in [1.807, 2.05) is 29.2 Å². The number of benzene rings is 2. The van der Waals surface area contributed by atoms with Gasteiger partial charge in [-0.3, -0.25) is 4.79 Å². The maximum Gasteiger partial charge on any atom is 0.253 e. The van der Waals surface area contributed by atoms with Gasteiger partial charge in [-0.05, 0) is 43.0 Å². The van der Waals surface area contributed by atoms with Crippen molar-refractivity contribution in [2.24, 2.45) is 0 Å². The van der Waals surface area contributed by atoms with Gasteiger partial charge in [0.1, 0.15) is 6.33 Å². The van der Waals surface area contributed by atoms with Crippen LogP contribution in [0.2, 0.25) is 0 Å². The topological polar surface area (TPSA) is 64.6 Å². The number of carbonyl (C=O) groups excluding carboxylic acids is 1. The van der Waals surface area contributed by atoms with Gasteiger partial charge in [0.05, 0.1) is 25.4 Å². The highest BCUT2D eigenvalue weighted by Crippen LogP contribution is 2.36. The first-order valence-corrected chi connectivity index (χ1v) is 10.9. The van der Waals surface area contributed by atoms with Crippen LogP contribution in [-0.4, -0.2) is 48.1 Å². The number of hydrogen-bond donors (Lipinski definition) is 0. The predicted octanol–water partition coefficient (Wildman–Crippen LogP) is 4.62. The van der Waals surface area contributed by atoms with Crippen molar-refractivity contribution in [3.05, 3.63) is 59.5 Å². The first kappa shape index (κ1) is 21.1. The average Bonchev–Trinajstić information content (AvgIpc) is 2.83. The van der Waals surface area contributed by atoms with Crippen molar-refractivity contribution in [1.82, 2.24) is 14.9 Å². The molecule has 1 aromatic heterocycles. The largest absolute Gasteiger partial charge is 0.493 e. The molecule has 3 aromatic rings. The molecule has 1 aliphatic heterocycles. The third kappa shape index (κ3) is 4.33. The van der Waals surface area contributed by atoms with E-state index < -0.39 is 0 Å². The second kappa shape index (κ2) is 9.33. The van der Waals surface area contributed by atoms with Crippen LogP contribution < -0.4 is 9.47 Å². The van der Waals surface area contributed by atoms with Crippen molar-refractivity contribution >= 4 is 16.8 Å². The summed E-state index contributed by atoms with van der Waals surface area (Å²) in [5.74, 6) is 1.72. The molecule has 1 saturated heterocycles. The lowest BCUT2D eigenvalue weighted by Gasteiger charge is -2.32. The number of nitrogens with zero attached hydrogens (tertiary/aromatic N) is 3. The van der Waals surface area contributed by atoms with Crippen LogP contribution in [0.5, 0.6) is 11.5 Å². The zero-order valence-electron chi connectivity index (χ0n) is 18.4. The van der Waals surface area contributed by atoms with Gasteiger partial charge >= 0.3 is 0 Å². The smallest absolute Gasteiger partial charge is 0.253 e. The Balaban J connectivity index is 1.49. The number of amides is 1. The van der Waals surface area contributed by atoms with E-state index in [1.165, 1.54) is 5.56 Å². The lowest BCUT2D eigenvalue weighted by atomic mass is 9.90. The number of piperidine rings is 1. The fraction of sp³-hybridized carbons (Fsp3) is 0.400. The van der Waals surface area contributed by atoms with E-state index in [2.05, 4.69) is 29.0 Å². The van der Waals surface area contributed by atoms with Crippen LogP contribution in [0.3, 0.4) is 0 Å². The number of aromatic nitrogens is 2. The third-order valence-electron chi connectivity index (χ3n) is 6.08. The molecular formula is C25H29N3O3. The fourth-order valence-electron chi connectivity index (χ4n) is 4.37.